The van der Waals surface area contributed by atoms with Crippen LogP contribution in [0.4, 0.5) is 0 Å². The zero-order chi connectivity index (χ0) is 16.0. The molecule has 0 fully saturated rings. The topological polar surface area (TPSA) is 52.3 Å². The van der Waals surface area contributed by atoms with Crippen molar-refractivity contribution in [3.05, 3.63) is 70.7 Å². The van der Waals surface area contributed by atoms with Crippen molar-refractivity contribution in [3.8, 4) is 0 Å². The Kier molecular flexibility index (Phi) is 5.58. The van der Waals surface area contributed by atoms with Gasteiger partial charge in [-0.05, 0) is 29.7 Å². The molecule has 0 aromatic heterocycles. The molecule has 0 aliphatic rings. The largest absolute Gasteiger partial charge is 0.460 e. The summed E-state index contributed by atoms with van der Waals surface area (Å²) in [7, 11) is 0. The van der Waals surface area contributed by atoms with Gasteiger partial charge in [-0.2, -0.15) is 0 Å². The third kappa shape index (κ3) is 3.49. The maximum Gasteiger partial charge on any atom is 0.318 e. The van der Waals surface area contributed by atoms with E-state index in [1.54, 1.807) is 12.1 Å². The summed E-state index contributed by atoms with van der Waals surface area (Å²) in [5.41, 5.74) is 6.88. The number of benzene rings is 2. The zero-order valence-corrected chi connectivity index (χ0v) is 13.3. The van der Waals surface area contributed by atoms with Gasteiger partial charge in [0.1, 0.15) is 12.0 Å². The van der Waals surface area contributed by atoms with Crippen LogP contribution in [-0.4, -0.2) is 12.5 Å². The Morgan fingerprint density at radius 2 is 1.77 bits per heavy atom. The summed E-state index contributed by atoms with van der Waals surface area (Å²) in [5.74, 6) is -0.302. The smallest absolute Gasteiger partial charge is 0.318 e. The van der Waals surface area contributed by atoms with Gasteiger partial charge >= 0.3 is 5.97 Å². The van der Waals surface area contributed by atoms with Gasteiger partial charge in [-0.25, -0.2) is 0 Å². The van der Waals surface area contributed by atoms with Gasteiger partial charge in [0.25, 0.3) is 0 Å². The van der Waals surface area contributed by atoms with E-state index in [4.69, 9.17) is 22.1 Å². The van der Waals surface area contributed by atoms with Crippen molar-refractivity contribution in [2.75, 3.05) is 6.54 Å². The molecule has 0 amide bonds. The van der Waals surface area contributed by atoms with Crippen molar-refractivity contribution < 1.29 is 9.53 Å². The summed E-state index contributed by atoms with van der Waals surface area (Å²) >= 11 is 5.92. The van der Waals surface area contributed by atoms with E-state index in [9.17, 15) is 4.79 Å². The van der Waals surface area contributed by atoms with Crippen LogP contribution in [0.2, 0.25) is 5.02 Å². The molecule has 1 unspecified atom stereocenters. The van der Waals surface area contributed by atoms with Crippen molar-refractivity contribution in [1.29, 1.82) is 0 Å². The van der Waals surface area contributed by atoms with Crippen LogP contribution in [0.3, 0.4) is 0 Å². The molecule has 0 aliphatic carbocycles. The molecule has 22 heavy (non-hydrogen) atoms. The van der Waals surface area contributed by atoms with Gasteiger partial charge in [-0.1, -0.05) is 61.0 Å². The third-order valence-electron chi connectivity index (χ3n) is 3.95. The van der Waals surface area contributed by atoms with E-state index >= 15 is 0 Å². The minimum absolute atomic E-state index is 0.193. The quantitative estimate of drug-likeness (QED) is 0.827. The van der Waals surface area contributed by atoms with Crippen molar-refractivity contribution >= 4 is 17.6 Å². The highest BCUT2D eigenvalue weighted by molar-refractivity contribution is 6.30. The van der Waals surface area contributed by atoms with E-state index in [0.717, 1.165) is 11.1 Å². The number of nitrogens with two attached hydrogens (primary N) is 1. The Hall–Kier alpha value is -1.84. The number of ether oxygens (including phenoxy) is 1. The lowest BCUT2D eigenvalue weighted by Crippen LogP contribution is -2.43. The fraction of sp³-hybridized carbons (Fsp3) is 0.278. The molecule has 0 heterocycles. The maximum absolute atomic E-state index is 12.7. The highest BCUT2D eigenvalue weighted by atomic mass is 35.5. The number of halogens is 1. The van der Waals surface area contributed by atoms with Crippen LogP contribution >= 0.6 is 11.6 Å². The van der Waals surface area contributed by atoms with Gasteiger partial charge < -0.3 is 10.5 Å². The minimum atomic E-state index is -0.834. The third-order valence-corrected chi connectivity index (χ3v) is 4.20. The first-order chi connectivity index (χ1) is 10.6. The molecule has 1 atom stereocenters. The van der Waals surface area contributed by atoms with Crippen molar-refractivity contribution in [1.82, 2.24) is 0 Å². The molecule has 0 saturated heterocycles. The monoisotopic (exact) mass is 317 g/mol. The summed E-state index contributed by atoms with van der Waals surface area (Å²) in [6.45, 7) is 2.37. The molecule has 2 N–H and O–H groups in total. The number of hydrogen-bond acceptors (Lipinski definition) is 3. The molecule has 0 bridgehead atoms. The van der Waals surface area contributed by atoms with Crippen LogP contribution in [0, 0.1) is 0 Å². The normalized spacial score (nSPS) is 13.4. The predicted molar refractivity (Wildman–Crippen MR) is 88.7 cm³/mol. The second-order valence-corrected chi connectivity index (χ2v) is 5.64. The SMILES string of the molecule is CCC(CN)(C(=O)OCc1ccccc1)c1ccc(Cl)cc1. The second-order valence-electron chi connectivity index (χ2n) is 5.21. The molecule has 0 saturated carbocycles. The van der Waals surface area contributed by atoms with Crippen molar-refractivity contribution in [3.63, 3.8) is 0 Å². The van der Waals surface area contributed by atoms with Crippen LogP contribution in [-0.2, 0) is 21.6 Å². The van der Waals surface area contributed by atoms with Crippen LogP contribution in [0.1, 0.15) is 24.5 Å². The highest BCUT2D eigenvalue weighted by Gasteiger charge is 2.38. The van der Waals surface area contributed by atoms with Crippen LogP contribution < -0.4 is 5.73 Å². The molecule has 0 radical (unpaired) electrons. The van der Waals surface area contributed by atoms with Crippen LogP contribution in [0.5, 0.6) is 0 Å². The molecule has 0 aliphatic heterocycles. The predicted octanol–water partition coefficient (Wildman–Crippen LogP) is 3.69. The van der Waals surface area contributed by atoms with E-state index in [1.165, 1.54) is 0 Å². The molecule has 116 valence electrons. The Bertz CT molecular complexity index is 607. The minimum Gasteiger partial charge on any atom is -0.460 e. The lowest BCUT2D eigenvalue weighted by atomic mass is 9.78. The van der Waals surface area contributed by atoms with E-state index in [-0.39, 0.29) is 19.1 Å². The number of carbonyl (C=O) groups excluding carboxylic acids is 1. The Labute approximate surface area is 136 Å². The number of rotatable bonds is 6. The molecule has 2 aromatic rings. The lowest BCUT2D eigenvalue weighted by molar-refractivity contribution is -0.152. The first-order valence-corrected chi connectivity index (χ1v) is 7.67. The van der Waals surface area contributed by atoms with E-state index in [2.05, 4.69) is 0 Å². The summed E-state index contributed by atoms with van der Waals surface area (Å²) in [5, 5.41) is 0.628. The molecule has 4 heteroatoms. The molecule has 2 aromatic carbocycles. The molecular weight excluding hydrogens is 298 g/mol. The summed E-state index contributed by atoms with van der Waals surface area (Å²) in [4.78, 5) is 12.7. The van der Waals surface area contributed by atoms with Crippen LogP contribution in [0.15, 0.2) is 54.6 Å². The van der Waals surface area contributed by atoms with Gasteiger partial charge in [-0.15, -0.1) is 0 Å². The van der Waals surface area contributed by atoms with E-state index in [0.29, 0.717) is 11.4 Å². The van der Waals surface area contributed by atoms with Gasteiger partial charge in [0, 0.05) is 11.6 Å². The van der Waals surface area contributed by atoms with Gasteiger partial charge in [-0.3, -0.25) is 4.79 Å². The van der Waals surface area contributed by atoms with Gasteiger partial charge in [0.15, 0.2) is 0 Å². The van der Waals surface area contributed by atoms with Crippen LogP contribution in [0.25, 0.3) is 0 Å². The molecule has 0 spiro atoms. The Morgan fingerprint density at radius 3 is 2.32 bits per heavy atom. The van der Waals surface area contributed by atoms with E-state index in [1.807, 2.05) is 49.4 Å². The summed E-state index contributed by atoms with van der Waals surface area (Å²) < 4.78 is 5.51. The molecular formula is C18H20ClNO2. The average molecular weight is 318 g/mol. The number of esters is 1. The van der Waals surface area contributed by atoms with Gasteiger partial charge in [0.05, 0.1) is 0 Å². The average Bonchev–Trinajstić information content (AvgIpc) is 2.57. The first-order valence-electron chi connectivity index (χ1n) is 7.29. The highest BCUT2D eigenvalue weighted by Crippen LogP contribution is 2.30. The van der Waals surface area contributed by atoms with Crippen molar-refractivity contribution in [2.24, 2.45) is 5.73 Å². The zero-order valence-electron chi connectivity index (χ0n) is 12.6. The summed E-state index contributed by atoms with van der Waals surface area (Å²) in [6.07, 6.45) is 0.568. The Morgan fingerprint density at radius 1 is 1.14 bits per heavy atom. The number of hydrogen-bond donors (Lipinski definition) is 1. The molecule has 3 nitrogen and oxygen atoms in total. The second kappa shape index (κ2) is 7.43. The van der Waals surface area contributed by atoms with Crippen molar-refractivity contribution in [2.45, 2.75) is 25.4 Å². The van der Waals surface area contributed by atoms with Gasteiger partial charge in [0.2, 0.25) is 0 Å². The van der Waals surface area contributed by atoms with E-state index < -0.39 is 5.41 Å². The molecule has 2 rings (SSSR count). The standard InChI is InChI=1S/C18H20ClNO2/c1-2-18(13-20,15-8-10-16(19)11-9-15)17(21)22-12-14-6-4-3-5-7-14/h3-11H,2,12-13,20H2,1H3. The first kappa shape index (κ1) is 16.5. The lowest BCUT2D eigenvalue weighted by Gasteiger charge is -2.29. The summed E-state index contributed by atoms with van der Waals surface area (Å²) in [6, 6.07) is 16.8. The fourth-order valence-electron chi connectivity index (χ4n) is 2.44. The maximum atomic E-state index is 12.7. The number of carbonyl (C=O) groups is 1. The Balaban J connectivity index is 2.19. The fourth-order valence-corrected chi connectivity index (χ4v) is 2.57.